The van der Waals surface area contributed by atoms with Crippen molar-refractivity contribution >= 4 is 23.2 Å². The summed E-state index contributed by atoms with van der Waals surface area (Å²) in [5.41, 5.74) is 2.32. The third-order valence-electron chi connectivity index (χ3n) is 3.18. The highest BCUT2D eigenvalue weighted by molar-refractivity contribution is 6.42. The second-order valence-electron chi connectivity index (χ2n) is 4.38. The minimum Gasteiger partial charge on any atom is -0.313 e. The van der Waals surface area contributed by atoms with Crippen molar-refractivity contribution in [2.24, 2.45) is 0 Å². The molecule has 2 rings (SSSR count). The summed E-state index contributed by atoms with van der Waals surface area (Å²) in [4.78, 5) is 4.02. The summed E-state index contributed by atoms with van der Waals surface area (Å²) < 4.78 is 0. The zero-order valence-electron chi connectivity index (χ0n) is 10.7. The van der Waals surface area contributed by atoms with Crippen molar-refractivity contribution in [1.82, 2.24) is 10.3 Å². The van der Waals surface area contributed by atoms with Crippen LogP contribution < -0.4 is 5.32 Å². The molecular weight excluding hydrogens is 279 g/mol. The van der Waals surface area contributed by atoms with E-state index in [1.54, 1.807) is 0 Å². The molecule has 0 aliphatic carbocycles. The number of nitrogens with one attached hydrogen (secondary N) is 1. The highest BCUT2D eigenvalue weighted by Gasteiger charge is 2.14. The predicted octanol–water partition coefficient (Wildman–Crippen LogP) is 4.28. The van der Waals surface area contributed by atoms with Crippen LogP contribution in [0.5, 0.6) is 0 Å². The largest absolute Gasteiger partial charge is 0.313 e. The molecule has 0 fully saturated rings. The third kappa shape index (κ3) is 3.69. The lowest BCUT2D eigenvalue weighted by molar-refractivity contribution is 0.549. The molecule has 100 valence electrons. The van der Waals surface area contributed by atoms with Crippen molar-refractivity contribution in [2.45, 2.75) is 18.9 Å². The van der Waals surface area contributed by atoms with E-state index in [1.807, 2.05) is 49.8 Å². The van der Waals surface area contributed by atoms with Gasteiger partial charge in [-0.1, -0.05) is 35.3 Å². The van der Waals surface area contributed by atoms with Crippen LogP contribution in [0.2, 0.25) is 10.0 Å². The molecule has 2 aromatic rings. The van der Waals surface area contributed by atoms with E-state index in [0.29, 0.717) is 10.0 Å². The molecule has 1 atom stereocenters. The number of aromatic nitrogens is 1. The van der Waals surface area contributed by atoms with E-state index in [0.717, 1.165) is 18.4 Å². The molecule has 1 unspecified atom stereocenters. The number of hydrogen-bond donors (Lipinski definition) is 1. The summed E-state index contributed by atoms with van der Waals surface area (Å²) in [6, 6.07) is 10.0. The first-order valence-electron chi connectivity index (χ1n) is 6.22. The number of hydrogen-bond acceptors (Lipinski definition) is 2. The summed E-state index contributed by atoms with van der Waals surface area (Å²) in [5.74, 6) is 0. The number of aryl methyl sites for hydroxylation is 1. The number of pyridine rings is 1. The van der Waals surface area contributed by atoms with Crippen molar-refractivity contribution < 1.29 is 0 Å². The average Bonchev–Trinajstić information content (AvgIpc) is 2.45. The number of nitrogens with zero attached hydrogens (tertiary/aromatic N) is 1. The van der Waals surface area contributed by atoms with Gasteiger partial charge in [-0.05, 0) is 49.2 Å². The van der Waals surface area contributed by atoms with E-state index < -0.39 is 0 Å². The van der Waals surface area contributed by atoms with Crippen molar-refractivity contribution in [1.29, 1.82) is 0 Å². The Morgan fingerprint density at radius 3 is 2.58 bits per heavy atom. The van der Waals surface area contributed by atoms with Gasteiger partial charge in [0.05, 0.1) is 10.0 Å². The van der Waals surface area contributed by atoms with Crippen LogP contribution in [0.4, 0.5) is 0 Å². The molecule has 0 aliphatic rings. The summed E-state index contributed by atoms with van der Waals surface area (Å²) in [6.45, 7) is 0. The molecule has 0 radical (unpaired) electrons. The van der Waals surface area contributed by atoms with Gasteiger partial charge in [0.15, 0.2) is 0 Å². The van der Waals surface area contributed by atoms with E-state index in [-0.39, 0.29) is 6.04 Å². The van der Waals surface area contributed by atoms with Gasteiger partial charge in [0, 0.05) is 18.4 Å². The molecule has 1 N–H and O–H groups in total. The van der Waals surface area contributed by atoms with Gasteiger partial charge in [0.25, 0.3) is 0 Å². The van der Waals surface area contributed by atoms with Crippen molar-refractivity contribution in [2.75, 3.05) is 7.05 Å². The van der Waals surface area contributed by atoms with Crippen LogP contribution in [0.1, 0.15) is 23.6 Å². The minimum atomic E-state index is 0.194. The molecule has 0 spiro atoms. The van der Waals surface area contributed by atoms with E-state index in [4.69, 9.17) is 23.2 Å². The molecular formula is C15H16Cl2N2. The molecule has 0 aliphatic heterocycles. The fourth-order valence-corrected chi connectivity index (χ4v) is 2.54. The normalized spacial score (nSPS) is 12.4. The SMILES string of the molecule is CNC(CCc1ccncc1)c1cccc(Cl)c1Cl. The first-order valence-corrected chi connectivity index (χ1v) is 6.98. The summed E-state index contributed by atoms with van der Waals surface area (Å²) in [5, 5.41) is 4.54. The Morgan fingerprint density at radius 2 is 1.89 bits per heavy atom. The third-order valence-corrected chi connectivity index (χ3v) is 4.01. The Balaban J connectivity index is 2.10. The maximum absolute atomic E-state index is 6.27. The molecule has 1 aromatic heterocycles. The Morgan fingerprint density at radius 1 is 1.16 bits per heavy atom. The fourth-order valence-electron chi connectivity index (χ4n) is 2.11. The topological polar surface area (TPSA) is 24.9 Å². The van der Waals surface area contributed by atoms with Gasteiger partial charge in [-0.25, -0.2) is 0 Å². The lowest BCUT2D eigenvalue weighted by atomic mass is 9.99. The van der Waals surface area contributed by atoms with Crippen LogP contribution >= 0.6 is 23.2 Å². The van der Waals surface area contributed by atoms with Crippen molar-refractivity contribution in [3.63, 3.8) is 0 Å². The van der Waals surface area contributed by atoms with Crippen LogP contribution in [0, 0.1) is 0 Å². The molecule has 1 aromatic carbocycles. The summed E-state index contributed by atoms with van der Waals surface area (Å²) in [7, 11) is 1.94. The first-order chi connectivity index (χ1) is 9.22. The van der Waals surface area contributed by atoms with E-state index >= 15 is 0 Å². The standard InChI is InChI=1S/C15H16Cl2N2/c1-18-14(6-5-11-7-9-19-10-8-11)12-3-2-4-13(16)15(12)17/h2-4,7-10,14,18H,5-6H2,1H3. The molecule has 0 saturated heterocycles. The number of rotatable bonds is 5. The monoisotopic (exact) mass is 294 g/mol. The van der Waals surface area contributed by atoms with Crippen LogP contribution in [0.25, 0.3) is 0 Å². The van der Waals surface area contributed by atoms with Gasteiger partial charge in [0.2, 0.25) is 0 Å². The molecule has 2 nitrogen and oxygen atoms in total. The van der Waals surface area contributed by atoms with Gasteiger partial charge in [-0.3, -0.25) is 4.98 Å². The molecule has 0 bridgehead atoms. The first kappa shape index (κ1) is 14.3. The van der Waals surface area contributed by atoms with Crippen molar-refractivity contribution in [3.8, 4) is 0 Å². The fraction of sp³-hybridized carbons (Fsp3) is 0.267. The number of halogens is 2. The van der Waals surface area contributed by atoms with Crippen LogP contribution in [-0.4, -0.2) is 12.0 Å². The second kappa shape index (κ2) is 6.90. The van der Waals surface area contributed by atoms with Crippen molar-refractivity contribution in [3.05, 3.63) is 63.9 Å². The molecule has 19 heavy (non-hydrogen) atoms. The molecule has 1 heterocycles. The van der Waals surface area contributed by atoms with Gasteiger partial charge in [0.1, 0.15) is 0 Å². The maximum atomic E-state index is 6.27. The molecule has 0 amide bonds. The zero-order chi connectivity index (χ0) is 13.7. The molecule has 4 heteroatoms. The number of benzene rings is 1. The highest BCUT2D eigenvalue weighted by atomic mass is 35.5. The zero-order valence-corrected chi connectivity index (χ0v) is 12.2. The highest BCUT2D eigenvalue weighted by Crippen LogP contribution is 2.31. The molecule has 0 saturated carbocycles. The Kier molecular flexibility index (Phi) is 5.20. The van der Waals surface area contributed by atoms with Crippen LogP contribution in [-0.2, 0) is 6.42 Å². The Labute approximate surface area is 123 Å². The van der Waals surface area contributed by atoms with E-state index in [2.05, 4.69) is 10.3 Å². The smallest absolute Gasteiger partial charge is 0.0640 e. The Hall–Kier alpha value is -1.09. The van der Waals surface area contributed by atoms with E-state index in [1.165, 1.54) is 5.56 Å². The minimum absolute atomic E-state index is 0.194. The maximum Gasteiger partial charge on any atom is 0.0640 e. The lowest BCUT2D eigenvalue weighted by Crippen LogP contribution is -2.17. The second-order valence-corrected chi connectivity index (χ2v) is 5.16. The average molecular weight is 295 g/mol. The Bertz CT molecular complexity index is 529. The summed E-state index contributed by atoms with van der Waals surface area (Å²) >= 11 is 12.3. The van der Waals surface area contributed by atoms with Crippen LogP contribution in [0.3, 0.4) is 0 Å². The predicted molar refractivity (Wildman–Crippen MR) is 80.8 cm³/mol. The van der Waals surface area contributed by atoms with E-state index in [9.17, 15) is 0 Å². The van der Waals surface area contributed by atoms with Gasteiger partial charge in [-0.2, -0.15) is 0 Å². The van der Waals surface area contributed by atoms with Gasteiger partial charge in [-0.15, -0.1) is 0 Å². The van der Waals surface area contributed by atoms with Crippen LogP contribution in [0.15, 0.2) is 42.7 Å². The lowest BCUT2D eigenvalue weighted by Gasteiger charge is -2.18. The van der Waals surface area contributed by atoms with Gasteiger partial charge < -0.3 is 5.32 Å². The quantitative estimate of drug-likeness (QED) is 0.890. The van der Waals surface area contributed by atoms with Gasteiger partial charge >= 0.3 is 0 Å². The summed E-state index contributed by atoms with van der Waals surface area (Å²) in [6.07, 6.45) is 5.56.